The van der Waals surface area contributed by atoms with Gasteiger partial charge < -0.3 is 19.8 Å². The van der Waals surface area contributed by atoms with Crippen LogP contribution in [0.25, 0.3) is 22.7 Å². The molecule has 2 aliphatic heterocycles. The smallest absolute Gasteiger partial charge is 0.318 e. The van der Waals surface area contributed by atoms with E-state index in [1.165, 1.54) is 12.1 Å². The van der Waals surface area contributed by atoms with Gasteiger partial charge in [0.05, 0.1) is 30.9 Å². The first-order chi connectivity index (χ1) is 19.4. The highest BCUT2D eigenvalue weighted by molar-refractivity contribution is 5.96. The van der Waals surface area contributed by atoms with Crippen LogP contribution in [-0.4, -0.2) is 59.9 Å². The van der Waals surface area contributed by atoms with Crippen LogP contribution in [0.5, 0.6) is 5.75 Å². The van der Waals surface area contributed by atoms with Crippen molar-refractivity contribution in [2.75, 3.05) is 44.8 Å². The molecule has 2 amide bonds. The maximum atomic E-state index is 14.2. The van der Waals surface area contributed by atoms with Crippen molar-refractivity contribution in [1.82, 2.24) is 14.5 Å². The predicted octanol–water partition coefficient (Wildman–Crippen LogP) is 5.55. The van der Waals surface area contributed by atoms with Crippen molar-refractivity contribution in [3.8, 4) is 5.75 Å². The van der Waals surface area contributed by atoms with Gasteiger partial charge in [0.25, 0.3) is 0 Å². The first kappa shape index (κ1) is 27.4. The lowest BCUT2D eigenvalue weighted by Gasteiger charge is -2.30. The number of fused-ring (bicyclic) bond motifs is 2. The van der Waals surface area contributed by atoms with Gasteiger partial charge in [-0.2, -0.15) is 0 Å². The third-order valence-corrected chi connectivity index (χ3v) is 6.99. The van der Waals surface area contributed by atoms with Gasteiger partial charge in [0.2, 0.25) is 5.95 Å². The molecule has 2 aliphatic rings. The molecule has 208 valence electrons. The number of imidazole rings is 1. The van der Waals surface area contributed by atoms with E-state index in [0.717, 1.165) is 47.4 Å². The Bertz CT molecular complexity index is 1500. The molecular formula is C31H34FN5O3. The van der Waals surface area contributed by atoms with Gasteiger partial charge in [-0.3, -0.25) is 10.2 Å². The molecule has 40 heavy (non-hydrogen) atoms. The normalized spacial score (nSPS) is 19.9. The lowest BCUT2D eigenvalue weighted by atomic mass is 9.95. The average Bonchev–Trinajstić information content (AvgIpc) is 3.27. The Labute approximate surface area is 233 Å². The number of ether oxygens (including phenoxy) is 2. The number of rotatable bonds is 5. The molecule has 2 aromatic carbocycles. The number of aromatic nitrogens is 2. The summed E-state index contributed by atoms with van der Waals surface area (Å²) in [6, 6.07) is 9.84. The quantitative estimate of drug-likeness (QED) is 0.440. The number of carbonyl (C=O) groups excluding carboxylic acids is 1. The number of nitrogens with one attached hydrogen (secondary N) is 1. The molecule has 0 aliphatic carbocycles. The molecule has 1 aromatic heterocycles. The largest absolute Gasteiger partial charge is 0.493 e. The minimum Gasteiger partial charge on any atom is -0.493 e. The van der Waals surface area contributed by atoms with Crippen LogP contribution >= 0.6 is 0 Å². The monoisotopic (exact) mass is 543 g/mol. The second kappa shape index (κ2) is 12.3. The van der Waals surface area contributed by atoms with Crippen molar-refractivity contribution in [2.45, 2.75) is 19.4 Å². The molecular weight excluding hydrogens is 509 g/mol. The number of amides is 2. The van der Waals surface area contributed by atoms with Crippen LogP contribution in [0.15, 0.2) is 72.9 Å². The molecule has 3 aromatic rings. The molecule has 8 nitrogen and oxygen atoms in total. The van der Waals surface area contributed by atoms with Gasteiger partial charge in [-0.15, -0.1) is 0 Å². The van der Waals surface area contributed by atoms with Gasteiger partial charge in [-0.25, -0.2) is 14.2 Å². The predicted molar refractivity (Wildman–Crippen MR) is 157 cm³/mol. The Morgan fingerprint density at radius 1 is 1.20 bits per heavy atom. The topological polar surface area (TPSA) is 94.6 Å². The number of anilines is 1. The number of nitrogens with zero attached hydrogens (tertiary/aromatic N) is 3. The van der Waals surface area contributed by atoms with Crippen molar-refractivity contribution in [3.05, 3.63) is 89.8 Å². The van der Waals surface area contributed by atoms with Crippen molar-refractivity contribution in [1.29, 1.82) is 0 Å². The number of nitrogens with two attached hydrogens (primary N) is 1. The summed E-state index contributed by atoms with van der Waals surface area (Å²) in [4.78, 5) is 18.9. The Kier molecular flexibility index (Phi) is 8.42. The summed E-state index contributed by atoms with van der Waals surface area (Å²) >= 11 is 0. The van der Waals surface area contributed by atoms with Gasteiger partial charge in [-0.05, 0) is 60.4 Å². The summed E-state index contributed by atoms with van der Waals surface area (Å²) in [5, 5.41) is 2.69. The van der Waals surface area contributed by atoms with E-state index in [9.17, 15) is 9.18 Å². The third kappa shape index (κ3) is 6.32. The zero-order valence-electron chi connectivity index (χ0n) is 22.6. The Hall–Kier alpha value is -4.21. The Morgan fingerprint density at radius 3 is 2.83 bits per heavy atom. The van der Waals surface area contributed by atoms with Gasteiger partial charge in [0, 0.05) is 37.3 Å². The summed E-state index contributed by atoms with van der Waals surface area (Å²) in [7, 11) is 0. The molecule has 5 rings (SSSR count). The SMILES string of the molecule is C=C1/C=C\C=C/CCOc2cc(F)ccc2/C1=C/c1ccc2c(c1)nc(NC(N)=O)n2[C@H](C)CN1CCOCC1. The second-order valence-corrected chi connectivity index (χ2v) is 9.95. The van der Waals surface area contributed by atoms with E-state index < -0.39 is 6.03 Å². The lowest BCUT2D eigenvalue weighted by Crippen LogP contribution is -2.39. The average molecular weight is 544 g/mol. The first-order valence-electron chi connectivity index (χ1n) is 13.4. The van der Waals surface area contributed by atoms with Crippen molar-refractivity contribution in [3.63, 3.8) is 0 Å². The number of primary amides is 1. The molecule has 1 saturated heterocycles. The molecule has 9 heteroatoms. The molecule has 0 spiro atoms. The number of urea groups is 1. The molecule has 0 unspecified atom stereocenters. The number of hydrogen-bond acceptors (Lipinski definition) is 5. The maximum absolute atomic E-state index is 14.2. The summed E-state index contributed by atoms with van der Waals surface area (Å²) in [5.74, 6) is 0.500. The first-order valence-corrected chi connectivity index (χ1v) is 13.4. The highest BCUT2D eigenvalue weighted by Crippen LogP contribution is 2.35. The summed E-state index contributed by atoms with van der Waals surface area (Å²) in [6.45, 7) is 10.7. The number of benzene rings is 2. The third-order valence-electron chi connectivity index (χ3n) is 6.99. The standard InChI is InChI=1S/C31H34FN5O3/c1-21-7-5-3-4-6-14-40-29-19-24(32)9-10-25(29)26(21)17-23-8-11-28-27(18-23)34-31(35-30(33)38)37(28)22(2)20-36-12-15-39-16-13-36/h3-5,7-11,17-19,22H,1,6,12-16,20H2,2H3,(H3,33,34,35,38)/b4-3-,7-5-,26-17+/t22-/m1/s1. The maximum Gasteiger partial charge on any atom is 0.318 e. The molecule has 3 heterocycles. The molecule has 1 fully saturated rings. The van der Waals surface area contributed by atoms with Crippen LogP contribution in [-0.2, 0) is 4.74 Å². The fourth-order valence-corrected chi connectivity index (χ4v) is 5.11. The fourth-order valence-electron chi connectivity index (χ4n) is 5.11. The van der Waals surface area contributed by atoms with Crippen molar-refractivity contribution >= 4 is 34.7 Å². The van der Waals surface area contributed by atoms with Crippen LogP contribution in [0.1, 0.15) is 30.5 Å². The van der Waals surface area contributed by atoms with Gasteiger partial charge in [-0.1, -0.05) is 36.9 Å². The fraction of sp³-hybridized carbons (Fsp3) is 0.290. The highest BCUT2D eigenvalue weighted by Gasteiger charge is 2.21. The minimum absolute atomic E-state index is 0.0215. The van der Waals surface area contributed by atoms with E-state index >= 15 is 0 Å². The molecule has 0 bridgehead atoms. The molecule has 3 N–H and O–H groups in total. The van der Waals surface area contributed by atoms with E-state index in [1.54, 1.807) is 6.07 Å². The van der Waals surface area contributed by atoms with Crippen molar-refractivity contribution < 1.29 is 18.7 Å². The van der Waals surface area contributed by atoms with E-state index in [1.807, 2.05) is 53.1 Å². The van der Waals surface area contributed by atoms with E-state index in [4.69, 9.17) is 20.2 Å². The minimum atomic E-state index is -0.670. The van der Waals surface area contributed by atoms with Crippen LogP contribution in [0.3, 0.4) is 0 Å². The van der Waals surface area contributed by atoms with E-state index in [2.05, 4.69) is 23.7 Å². The van der Waals surface area contributed by atoms with Crippen LogP contribution in [0, 0.1) is 5.82 Å². The van der Waals surface area contributed by atoms with Gasteiger partial charge >= 0.3 is 6.03 Å². The zero-order valence-corrected chi connectivity index (χ0v) is 22.6. The van der Waals surface area contributed by atoms with Crippen LogP contribution in [0.4, 0.5) is 15.1 Å². The molecule has 0 saturated carbocycles. The Morgan fingerprint density at radius 2 is 2.02 bits per heavy atom. The molecule has 0 radical (unpaired) electrons. The number of allylic oxidation sites excluding steroid dienone is 5. The van der Waals surface area contributed by atoms with Crippen LogP contribution in [0.2, 0.25) is 0 Å². The Balaban J connectivity index is 1.56. The van der Waals surface area contributed by atoms with E-state index in [0.29, 0.717) is 43.5 Å². The van der Waals surface area contributed by atoms with Crippen molar-refractivity contribution in [2.24, 2.45) is 5.73 Å². The summed E-state index contributed by atoms with van der Waals surface area (Å²) in [6.07, 6.45) is 10.5. The summed E-state index contributed by atoms with van der Waals surface area (Å²) in [5.41, 5.74) is 10.3. The van der Waals surface area contributed by atoms with Gasteiger partial charge in [0.15, 0.2) is 0 Å². The number of carbonyl (C=O) groups is 1. The molecule has 1 atom stereocenters. The van der Waals surface area contributed by atoms with Gasteiger partial charge in [0.1, 0.15) is 11.6 Å². The zero-order chi connectivity index (χ0) is 28.1. The number of morpholine rings is 1. The second-order valence-electron chi connectivity index (χ2n) is 9.95. The number of hydrogen-bond donors (Lipinski definition) is 2. The van der Waals surface area contributed by atoms with Crippen LogP contribution < -0.4 is 15.8 Å². The number of halogens is 1. The summed E-state index contributed by atoms with van der Waals surface area (Å²) < 4.78 is 27.6. The lowest BCUT2D eigenvalue weighted by molar-refractivity contribution is 0.0329. The highest BCUT2D eigenvalue weighted by atomic mass is 19.1. The van der Waals surface area contributed by atoms with E-state index in [-0.39, 0.29) is 11.9 Å².